The van der Waals surface area contributed by atoms with E-state index in [2.05, 4.69) is 119 Å². The van der Waals surface area contributed by atoms with Crippen molar-refractivity contribution in [1.82, 2.24) is 19.5 Å². The van der Waals surface area contributed by atoms with Crippen molar-refractivity contribution in [3.05, 3.63) is 223 Å². The van der Waals surface area contributed by atoms with Crippen LogP contribution in [0.15, 0.2) is 199 Å². The first-order chi connectivity index (χ1) is 34.7. The molecule has 0 aliphatic rings. The number of furan rings is 1. The minimum Gasteiger partial charge on any atom is 0 e. The van der Waals surface area contributed by atoms with E-state index in [1.165, 1.54) is 13.1 Å². The summed E-state index contributed by atoms with van der Waals surface area (Å²) in [6, 6.07) is 68.1. The maximum Gasteiger partial charge on any atom is 0 e. The van der Waals surface area contributed by atoms with Crippen LogP contribution >= 0.6 is 0 Å². The molecule has 0 aliphatic carbocycles. The molecule has 0 unspecified atom stereocenters. The average molecular weight is 1090 g/mol. The summed E-state index contributed by atoms with van der Waals surface area (Å²) in [5, 5.41) is 6.05. The number of fused-ring (bicyclic) bond motifs is 7. The molecule has 4 aromatic heterocycles. The van der Waals surface area contributed by atoms with Gasteiger partial charge in [-0.3, -0.25) is 4.98 Å². The van der Waals surface area contributed by atoms with Gasteiger partial charge in [0.1, 0.15) is 0 Å². The van der Waals surface area contributed by atoms with Gasteiger partial charge in [0.15, 0.2) is 0 Å². The molecule has 7 heteroatoms. The number of hydrogen-bond acceptors (Lipinski definition) is 4. The third-order valence-corrected chi connectivity index (χ3v) is 13.0. The average Bonchev–Trinajstić information content (AvgIpc) is 3.97. The quantitative estimate of drug-likeness (QED) is 0.112. The summed E-state index contributed by atoms with van der Waals surface area (Å²) in [7, 11) is 0. The monoisotopic (exact) mass is 1100 g/mol. The van der Waals surface area contributed by atoms with E-state index in [1.807, 2.05) is 60.7 Å². The van der Waals surface area contributed by atoms with Crippen molar-refractivity contribution in [2.24, 2.45) is 0 Å². The maximum atomic E-state index is 8.95. The molecule has 0 N–H and O–H groups in total. The van der Waals surface area contributed by atoms with Crippen LogP contribution in [0.3, 0.4) is 0 Å². The number of imidazole rings is 1. The van der Waals surface area contributed by atoms with Crippen LogP contribution in [0.5, 0.6) is 0 Å². The summed E-state index contributed by atoms with van der Waals surface area (Å²) in [6.45, 7) is 1.44. The second kappa shape index (κ2) is 18.9. The number of nitrogens with zero attached hydrogens (tertiary/aromatic N) is 4. The Morgan fingerprint density at radius 3 is 2.21 bits per heavy atom. The molecule has 66 heavy (non-hydrogen) atoms. The van der Waals surface area contributed by atoms with E-state index >= 15 is 0 Å². The first kappa shape index (κ1) is 35.3. The molecule has 12 aromatic rings. The third-order valence-electron chi connectivity index (χ3n) is 11.6. The zero-order chi connectivity index (χ0) is 49.8. The summed E-state index contributed by atoms with van der Waals surface area (Å²) in [4.78, 5) is 14.5. The van der Waals surface area contributed by atoms with Crippen molar-refractivity contribution in [3.63, 3.8) is 0 Å². The second-order valence-corrected chi connectivity index (χ2v) is 17.1. The van der Waals surface area contributed by atoms with Crippen LogP contribution in [0.4, 0.5) is 0 Å². The smallest absolute Gasteiger partial charge is 0 e. The largest absolute Gasteiger partial charge is 0 e. The Hall–Kier alpha value is -6.96. The molecule has 4 heterocycles. The first-order valence-electron chi connectivity index (χ1n) is 24.8. The van der Waals surface area contributed by atoms with E-state index in [9.17, 15) is 0 Å². The molecule has 8 aromatic carbocycles. The molecule has 0 saturated heterocycles. The van der Waals surface area contributed by atoms with Gasteiger partial charge in [-0.2, -0.15) is 0 Å². The van der Waals surface area contributed by atoms with Crippen LogP contribution in [-0.4, -0.2) is 35.0 Å². The van der Waals surface area contributed by atoms with Gasteiger partial charge in [-0.1, -0.05) is 138 Å². The Kier molecular flexibility index (Phi) is 10.1. The summed E-state index contributed by atoms with van der Waals surface area (Å²) in [6.07, 6.45) is -1.89. The third kappa shape index (κ3) is 8.07. The fourth-order valence-electron chi connectivity index (χ4n) is 8.54. The normalized spacial score (nSPS) is 13.4. The predicted octanol–water partition coefficient (Wildman–Crippen LogP) is 13.8. The fraction of sp³-hybridized carbons (Fsp3) is 0.0678. The van der Waals surface area contributed by atoms with Crippen molar-refractivity contribution in [2.75, 3.05) is 0 Å². The molecule has 0 saturated carbocycles. The van der Waals surface area contributed by atoms with Crippen LogP contribution in [0.25, 0.3) is 94.1 Å². The van der Waals surface area contributed by atoms with Crippen LogP contribution in [0.1, 0.15) is 33.3 Å². The zero-order valence-electron chi connectivity index (χ0n) is 42.5. The number of aromatic nitrogens is 4. The molecule has 0 amide bonds. The van der Waals surface area contributed by atoms with Gasteiger partial charge in [-0.05, 0) is 40.1 Å². The van der Waals surface area contributed by atoms with Crippen molar-refractivity contribution in [2.45, 2.75) is 25.4 Å². The topological polar surface area (TPSA) is 56.7 Å². The van der Waals surface area contributed by atoms with E-state index in [0.717, 1.165) is 65.7 Å². The van der Waals surface area contributed by atoms with Crippen LogP contribution in [0.2, 0.25) is 5.68 Å². The molecule has 0 atom stereocenters. The van der Waals surface area contributed by atoms with Gasteiger partial charge in [0.25, 0.3) is 0 Å². The number of rotatable bonds is 8. The summed E-state index contributed by atoms with van der Waals surface area (Å²) in [5.41, 5.74) is 7.30. The molecule has 0 spiro atoms. The number of pyridine rings is 2. The van der Waals surface area contributed by atoms with Gasteiger partial charge in [0, 0.05) is 56.6 Å². The minimum absolute atomic E-state index is 0. The van der Waals surface area contributed by atoms with Crippen LogP contribution in [0, 0.1) is 12.1 Å². The van der Waals surface area contributed by atoms with E-state index < -0.39 is 33.9 Å². The van der Waals surface area contributed by atoms with Gasteiger partial charge >= 0.3 is 110 Å². The Labute approximate surface area is 413 Å². The predicted molar refractivity (Wildman–Crippen MR) is 269 cm³/mol. The maximum absolute atomic E-state index is 8.95. The fourth-order valence-corrected chi connectivity index (χ4v) is 9.51. The van der Waals surface area contributed by atoms with Crippen molar-refractivity contribution in [1.29, 1.82) is 0 Å². The minimum atomic E-state index is -2.03. The first-order valence-corrected chi connectivity index (χ1v) is 23.4. The Morgan fingerprint density at radius 2 is 1.42 bits per heavy atom. The van der Waals surface area contributed by atoms with Crippen molar-refractivity contribution >= 4 is 74.5 Å². The van der Waals surface area contributed by atoms with Crippen molar-refractivity contribution in [3.8, 4) is 39.5 Å². The van der Waals surface area contributed by atoms with Gasteiger partial charge in [-0.25, -0.2) is 4.98 Å². The van der Waals surface area contributed by atoms with E-state index in [-0.39, 0.29) is 25.8 Å². The van der Waals surface area contributed by atoms with E-state index in [4.69, 9.17) is 24.0 Å². The molecule has 0 fully saturated rings. The van der Waals surface area contributed by atoms with E-state index in [0.29, 0.717) is 43.9 Å². The SMILES string of the molecule is [2H]C([2H])(c1ccccc1)c1ccc2c(n1)oc1c(-c3nc4c5ccccc5ccc4n3-c3c(-c4ccccc4)ccc4ccccc34)[c-]ccc12.[2H][C]([2H])([2H])[Ge][c]1cnc(-c2[c-]cccc2)cc1C([2H])([2H])C.[Ir]. The van der Waals surface area contributed by atoms with Gasteiger partial charge in [-0.15, -0.1) is 18.2 Å². The molecule has 3 radical (unpaired) electrons. The van der Waals surface area contributed by atoms with Gasteiger partial charge in [0.2, 0.25) is 5.71 Å². The Balaban J connectivity index is 0.000000235. The van der Waals surface area contributed by atoms with E-state index in [1.54, 1.807) is 30.3 Å². The molecule has 5 nitrogen and oxygen atoms in total. The molecule has 319 valence electrons. The Bertz CT molecular complexity index is 3970. The molecule has 12 rings (SSSR count). The molecule has 0 bridgehead atoms. The molecule has 0 aliphatic heterocycles. The number of aryl methyl sites for hydroxylation is 1. The van der Waals surface area contributed by atoms with Crippen molar-refractivity contribution < 1.29 is 34.1 Å². The van der Waals surface area contributed by atoms with Gasteiger partial charge in [0.05, 0.1) is 28.1 Å². The summed E-state index contributed by atoms with van der Waals surface area (Å²) < 4.78 is 65.5. The summed E-state index contributed by atoms with van der Waals surface area (Å²) in [5.74, 6) is 0.694. The number of hydrogen-bond donors (Lipinski definition) is 0. The van der Waals surface area contributed by atoms with Crippen LogP contribution in [-0.2, 0) is 32.9 Å². The zero-order valence-corrected chi connectivity index (χ0v) is 40.0. The number of benzene rings is 8. The summed E-state index contributed by atoms with van der Waals surface area (Å²) >= 11 is -1.45. The standard InChI is InChI=1S/C45H28N3O.C14H14GeN.Ir/c1-3-12-29(13-4-1)28-33-24-26-38-37-20-11-21-39(43(37)49-45(38)46-33)44-47-41-34-18-9-7-16-31(34)23-27-40(41)48(44)42-35-19-10-8-17-32(35)22-25-36(42)30-14-5-2-6-15-30;1-3-11-9-14(16-10-13(11)15-2)12-7-5-4-6-8-12;/h1-20,22-27H,28H2;4-7,9-10H,3H2,1-2H3;/q2*-1;/i28D2;2D3,3D2;. The van der Waals surface area contributed by atoms with Crippen LogP contribution < -0.4 is 4.40 Å². The molecular formula is C59H42GeIrN4O-2. The second-order valence-electron chi connectivity index (χ2n) is 15.5. The Morgan fingerprint density at radius 1 is 0.682 bits per heavy atom. The molecular weight excluding hydrogens is 1050 g/mol. The van der Waals surface area contributed by atoms with Gasteiger partial charge < -0.3 is 8.98 Å².